The highest BCUT2D eigenvalue weighted by molar-refractivity contribution is 7.92. The quantitative estimate of drug-likeness (QED) is 0.544. The second-order valence-corrected chi connectivity index (χ2v) is 10.00. The molecule has 174 valence electrons. The van der Waals surface area contributed by atoms with Crippen molar-refractivity contribution in [2.75, 3.05) is 10.8 Å². The number of anilines is 1. The summed E-state index contributed by atoms with van der Waals surface area (Å²) in [6, 6.07) is 5.24. The lowest BCUT2D eigenvalue weighted by molar-refractivity contribution is -0.137. The number of halogens is 4. The molecule has 0 amide bonds. The topological polar surface area (TPSA) is 87.6 Å². The maximum absolute atomic E-state index is 13.4. The lowest BCUT2D eigenvalue weighted by Gasteiger charge is -2.28. The molecule has 6 nitrogen and oxygen atoms in total. The number of hydrogen-bond acceptors (Lipinski definition) is 4. The van der Waals surface area contributed by atoms with Crippen molar-refractivity contribution in [2.24, 2.45) is 5.92 Å². The van der Waals surface area contributed by atoms with Gasteiger partial charge in [-0.25, -0.2) is 22.5 Å². The SMILES string of the molecule is O=C(O)c1ccc(S(=O)(=O)N(CCC2CCCCC2)c2ncc(C(F)(F)F)cc2Cl)cc1. The van der Waals surface area contributed by atoms with Crippen molar-refractivity contribution < 1.29 is 31.5 Å². The predicted molar refractivity (Wildman–Crippen MR) is 113 cm³/mol. The Bertz CT molecular complexity index is 1070. The first-order chi connectivity index (χ1) is 15.0. The number of pyridine rings is 1. The highest BCUT2D eigenvalue weighted by Gasteiger charge is 2.34. The molecule has 1 saturated carbocycles. The van der Waals surface area contributed by atoms with E-state index in [1.54, 1.807) is 0 Å². The van der Waals surface area contributed by atoms with E-state index >= 15 is 0 Å². The predicted octanol–water partition coefficient (Wildman–Crippen LogP) is 5.62. The molecule has 2 aromatic rings. The van der Waals surface area contributed by atoms with Gasteiger partial charge in [0.1, 0.15) is 0 Å². The number of benzene rings is 1. The molecule has 0 aliphatic heterocycles. The minimum absolute atomic E-state index is 0.00817. The minimum Gasteiger partial charge on any atom is -0.478 e. The third-order valence-electron chi connectivity index (χ3n) is 5.54. The van der Waals surface area contributed by atoms with Gasteiger partial charge >= 0.3 is 12.1 Å². The zero-order chi connectivity index (χ0) is 23.5. The molecule has 1 fully saturated rings. The summed E-state index contributed by atoms with van der Waals surface area (Å²) in [4.78, 5) is 14.6. The number of alkyl halides is 3. The second kappa shape index (κ2) is 9.66. The molecule has 1 aromatic heterocycles. The number of nitrogens with zero attached hydrogens (tertiary/aromatic N) is 2. The fourth-order valence-corrected chi connectivity index (χ4v) is 5.55. The van der Waals surface area contributed by atoms with Crippen molar-refractivity contribution in [3.63, 3.8) is 0 Å². The molecule has 1 heterocycles. The van der Waals surface area contributed by atoms with Gasteiger partial charge < -0.3 is 5.11 Å². The molecular formula is C21H22ClF3N2O4S. The van der Waals surface area contributed by atoms with Gasteiger partial charge in [-0.3, -0.25) is 0 Å². The third kappa shape index (κ3) is 5.53. The van der Waals surface area contributed by atoms with E-state index in [0.717, 1.165) is 60.7 Å². The van der Waals surface area contributed by atoms with E-state index in [1.165, 1.54) is 0 Å². The molecule has 0 saturated heterocycles. The van der Waals surface area contributed by atoms with E-state index in [4.69, 9.17) is 16.7 Å². The van der Waals surface area contributed by atoms with Crippen LogP contribution < -0.4 is 4.31 Å². The maximum atomic E-state index is 13.4. The minimum atomic E-state index is -4.67. The number of carboxylic acid groups (broad SMARTS) is 1. The number of rotatable bonds is 7. The summed E-state index contributed by atoms with van der Waals surface area (Å²) in [5.41, 5.74) is -1.18. The first-order valence-electron chi connectivity index (χ1n) is 10.1. The fourth-order valence-electron chi connectivity index (χ4n) is 3.78. The molecule has 32 heavy (non-hydrogen) atoms. The highest BCUT2D eigenvalue weighted by atomic mass is 35.5. The lowest BCUT2D eigenvalue weighted by atomic mass is 9.87. The summed E-state index contributed by atoms with van der Waals surface area (Å²) in [6.07, 6.45) is 1.52. The maximum Gasteiger partial charge on any atom is 0.417 e. The van der Waals surface area contributed by atoms with Gasteiger partial charge in [-0.1, -0.05) is 43.7 Å². The Morgan fingerprint density at radius 3 is 2.31 bits per heavy atom. The van der Waals surface area contributed by atoms with Gasteiger partial charge in [-0.05, 0) is 42.7 Å². The smallest absolute Gasteiger partial charge is 0.417 e. The summed E-state index contributed by atoms with van der Waals surface area (Å²) in [5, 5.41) is 8.61. The third-order valence-corrected chi connectivity index (χ3v) is 7.62. The number of hydrogen-bond donors (Lipinski definition) is 1. The van der Waals surface area contributed by atoms with Crippen LogP contribution in [0, 0.1) is 5.92 Å². The van der Waals surface area contributed by atoms with Gasteiger partial charge in [-0.15, -0.1) is 0 Å². The number of carboxylic acids is 1. The number of aromatic carboxylic acids is 1. The van der Waals surface area contributed by atoms with Gasteiger partial charge in [-0.2, -0.15) is 13.2 Å². The Labute approximate surface area is 189 Å². The van der Waals surface area contributed by atoms with Crippen LogP contribution in [0.4, 0.5) is 19.0 Å². The monoisotopic (exact) mass is 490 g/mol. The van der Waals surface area contributed by atoms with Crippen molar-refractivity contribution >= 4 is 33.4 Å². The molecule has 0 spiro atoms. The van der Waals surface area contributed by atoms with Crippen LogP contribution in [-0.2, 0) is 16.2 Å². The van der Waals surface area contributed by atoms with Gasteiger partial charge in [0.25, 0.3) is 10.0 Å². The summed E-state index contributed by atoms with van der Waals surface area (Å²) < 4.78 is 66.7. The first-order valence-corrected chi connectivity index (χ1v) is 11.9. The largest absolute Gasteiger partial charge is 0.478 e. The van der Waals surface area contributed by atoms with E-state index in [2.05, 4.69) is 4.98 Å². The standard InChI is InChI=1S/C21H22ClF3N2O4S/c22-18-12-16(21(23,24)25)13-26-19(18)27(11-10-14-4-2-1-3-5-14)32(30,31)17-8-6-15(7-9-17)20(28)29/h6-9,12-14H,1-5,10-11H2,(H,28,29). The van der Waals surface area contributed by atoms with Crippen LogP contribution in [0.2, 0.25) is 5.02 Å². The Morgan fingerprint density at radius 1 is 1.16 bits per heavy atom. The molecular weight excluding hydrogens is 469 g/mol. The zero-order valence-electron chi connectivity index (χ0n) is 17.0. The van der Waals surface area contributed by atoms with Crippen molar-refractivity contribution in [3.05, 3.63) is 52.7 Å². The van der Waals surface area contributed by atoms with Crippen LogP contribution in [-0.4, -0.2) is 31.0 Å². The van der Waals surface area contributed by atoms with Gasteiger partial charge in [0.05, 0.1) is 21.0 Å². The van der Waals surface area contributed by atoms with Gasteiger partial charge in [0, 0.05) is 12.7 Å². The normalized spacial score (nSPS) is 15.5. The molecule has 1 aromatic carbocycles. The summed E-state index contributed by atoms with van der Waals surface area (Å²) >= 11 is 6.07. The van der Waals surface area contributed by atoms with Crippen LogP contribution in [0.1, 0.15) is 54.4 Å². The number of carbonyl (C=O) groups is 1. The van der Waals surface area contributed by atoms with Crippen molar-refractivity contribution in [3.8, 4) is 0 Å². The Hall–Kier alpha value is -2.33. The summed E-state index contributed by atoms with van der Waals surface area (Å²) in [7, 11) is -4.26. The molecule has 0 radical (unpaired) electrons. The molecule has 1 N–H and O–H groups in total. The molecule has 0 bridgehead atoms. The highest BCUT2D eigenvalue weighted by Crippen LogP contribution is 2.36. The second-order valence-electron chi connectivity index (χ2n) is 7.73. The van der Waals surface area contributed by atoms with E-state index in [0.29, 0.717) is 24.6 Å². The lowest BCUT2D eigenvalue weighted by Crippen LogP contribution is -2.34. The van der Waals surface area contributed by atoms with Crippen LogP contribution in [0.5, 0.6) is 0 Å². The molecule has 3 rings (SSSR count). The van der Waals surface area contributed by atoms with Crippen molar-refractivity contribution in [2.45, 2.75) is 49.6 Å². The molecule has 1 aliphatic carbocycles. The molecule has 1 aliphatic rings. The van der Waals surface area contributed by atoms with Crippen molar-refractivity contribution in [1.82, 2.24) is 4.98 Å². The van der Waals surface area contributed by atoms with E-state index in [9.17, 15) is 26.4 Å². The first kappa shape index (κ1) is 24.3. The Morgan fingerprint density at radius 2 is 1.78 bits per heavy atom. The van der Waals surface area contributed by atoms with Crippen LogP contribution in [0.25, 0.3) is 0 Å². The van der Waals surface area contributed by atoms with Crippen LogP contribution in [0.3, 0.4) is 0 Å². The van der Waals surface area contributed by atoms with Gasteiger partial charge in [0.2, 0.25) is 0 Å². The molecule has 11 heteroatoms. The Balaban J connectivity index is 1.98. The van der Waals surface area contributed by atoms with Gasteiger partial charge in [0.15, 0.2) is 5.82 Å². The summed E-state index contributed by atoms with van der Waals surface area (Å²) in [6.45, 7) is -0.00817. The van der Waals surface area contributed by atoms with E-state index in [-0.39, 0.29) is 22.8 Å². The Kier molecular flexibility index (Phi) is 7.34. The number of aromatic nitrogens is 1. The van der Waals surface area contributed by atoms with Crippen molar-refractivity contribution in [1.29, 1.82) is 0 Å². The molecule has 0 unspecified atom stereocenters. The van der Waals surface area contributed by atoms with Crippen LogP contribution >= 0.6 is 11.6 Å². The zero-order valence-corrected chi connectivity index (χ0v) is 18.6. The number of sulfonamides is 1. The average molecular weight is 491 g/mol. The van der Waals surface area contributed by atoms with E-state index < -0.39 is 32.8 Å². The van der Waals surface area contributed by atoms with E-state index in [1.807, 2.05) is 0 Å². The molecule has 0 atom stereocenters. The summed E-state index contributed by atoms with van der Waals surface area (Å²) in [5.74, 6) is -1.21. The van der Waals surface area contributed by atoms with Crippen LogP contribution in [0.15, 0.2) is 41.4 Å². The fraction of sp³-hybridized carbons (Fsp3) is 0.429. The average Bonchev–Trinajstić information content (AvgIpc) is 2.74.